The number of halogens is 1. The van der Waals surface area contributed by atoms with Gasteiger partial charge in [0.2, 0.25) is 0 Å². The molecule has 6 heteroatoms. The first-order valence-corrected chi connectivity index (χ1v) is 7.24. The molecule has 106 valence electrons. The van der Waals surface area contributed by atoms with Crippen molar-refractivity contribution in [3.05, 3.63) is 51.7 Å². The number of nitrogens with zero attached hydrogens (tertiary/aromatic N) is 1. The topological polar surface area (TPSA) is 68.0 Å². The predicted molar refractivity (Wildman–Crippen MR) is 77.3 cm³/mol. The summed E-state index contributed by atoms with van der Waals surface area (Å²) < 4.78 is 13.5. The predicted octanol–water partition coefficient (Wildman–Crippen LogP) is 1.95. The van der Waals surface area contributed by atoms with Crippen LogP contribution >= 0.6 is 11.3 Å². The fraction of sp³-hybridized carbons (Fsp3) is 0.286. The fourth-order valence-corrected chi connectivity index (χ4v) is 2.49. The van der Waals surface area contributed by atoms with Crippen LogP contribution < -0.4 is 11.1 Å². The molecule has 20 heavy (non-hydrogen) atoms. The molecule has 0 unspecified atom stereocenters. The van der Waals surface area contributed by atoms with Crippen molar-refractivity contribution < 1.29 is 9.18 Å². The third-order valence-electron chi connectivity index (χ3n) is 2.75. The zero-order valence-corrected chi connectivity index (χ0v) is 11.8. The van der Waals surface area contributed by atoms with Crippen LogP contribution in [0.1, 0.15) is 27.5 Å². The highest BCUT2D eigenvalue weighted by Gasteiger charge is 2.11. The third kappa shape index (κ3) is 3.85. The lowest BCUT2D eigenvalue weighted by molar-refractivity contribution is 0.0949. The third-order valence-corrected chi connectivity index (χ3v) is 3.60. The summed E-state index contributed by atoms with van der Waals surface area (Å²) >= 11 is 1.36. The number of thiazole rings is 1. The summed E-state index contributed by atoms with van der Waals surface area (Å²) in [4.78, 5) is 16.0. The van der Waals surface area contributed by atoms with Crippen molar-refractivity contribution in [3.8, 4) is 0 Å². The second-order valence-corrected chi connectivity index (χ2v) is 5.24. The van der Waals surface area contributed by atoms with Crippen molar-refractivity contribution in [2.45, 2.75) is 12.8 Å². The smallest absolute Gasteiger partial charge is 0.270 e. The van der Waals surface area contributed by atoms with E-state index in [0.29, 0.717) is 30.8 Å². The summed E-state index contributed by atoms with van der Waals surface area (Å²) in [5.74, 6) is -0.467. The van der Waals surface area contributed by atoms with Crippen molar-refractivity contribution in [3.63, 3.8) is 0 Å². The van der Waals surface area contributed by atoms with E-state index in [1.165, 1.54) is 17.4 Å². The molecule has 4 nitrogen and oxygen atoms in total. The number of amides is 1. The van der Waals surface area contributed by atoms with Gasteiger partial charge in [-0.3, -0.25) is 4.79 Å². The molecule has 0 saturated heterocycles. The number of carbonyl (C=O) groups is 1. The van der Waals surface area contributed by atoms with Gasteiger partial charge in [-0.05, 0) is 24.6 Å². The first kappa shape index (κ1) is 14.6. The van der Waals surface area contributed by atoms with Gasteiger partial charge in [-0.1, -0.05) is 18.2 Å². The van der Waals surface area contributed by atoms with Gasteiger partial charge in [-0.25, -0.2) is 9.37 Å². The molecule has 1 aromatic carbocycles. The normalized spacial score (nSPS) is 10.5. The summed E-state index contributed by atoms with van der Waals surface area (Å²) in [5.41, 5.74) is 6.31. The van der Waals surface area contributed by atoms with Gasteiger partial charge in [-0.2, -0.15) is 0 Å². The monoisotopic (exact) mass is 293 g/mol. The standard InChI is InChI=1S/C14H16FN3OS/c15-11-5-2-1-4-10(11)8-13-18-12(9-20-13)14(19)17-7-3-6-16/h1-2,4-5,9H,3,6-8,16H2,(H,17,19). The molecular formula is C14H16FN3OS. The average molecular weight is 293 g/mol. The molecule has 0 saturated carbocycles. The number of carbonyl (C=O) groups excluding carboxylic acids is 1. The van der Waals surface area contributed by atoms with Gasteiger partial charge in [-0.15, -0.1) is 11.3 Å². The van der Waals surface area contributed by atoms with Gasteiger partial charge in [0.15, 0.2) is 0 Å². The minimum Gasteiger partial charge on any atom is -0.351 e. The summed E-state index contributed by atoms with van der Waals surface area (Å²) in [6.45, 7) is 1.07. The Bertz CT molecular complexity index is 585. The Morgan fingerprint density at radius 2 is 2.20 bits per heavy atom. The zero-order chi connectivity index (χ0) is 14.4. The second-order valence-electron chi connectivity index (χ2n) is 4.29. The Balaban J connectivity index is 1.99. The van der Waals surface area contributed by atoms with Gasteiger partial charge in [0.05, 0.1) is 5.01 Å². The van der Waals surface area contributed by atoms with E-state index in [2.05, 4.69) is 10.3 Å². The summed E-state index contributed by atoms with van der Waals surface area (Å²) in [6.07, 6.45) is 1.13. The number of nitrogens with two attached hydrogens (primary N) is 1. The van der Waals surface area contributed by atoms with E-state index in [1.54, 1.807) is 23.6 Å². The maximum absolute atomic E-state index is 13.5. The number of benzene rings is 1. The maximum atomic E-state index is 13.5. The first-order chi connectivity index (χ1) is 9.70. The Hall–Kier alpha value is -1.79. The molecule has 0 aliphatic carbocycles. The van der Waals surface area contributed by atoms with Crippen LogP contribution in [0.25, 0.3) is 0 Å². The second kappa shape index (κ2) is 7.12. The van der Waals surface area contributed by atoms with Crippen LogP contribution in [0.5, 0.6) is 0 Å². The molecule has 1 amide bonds. The quantitative estimate of drug-likeness (QED) is 0.800. The number of hydrogen-bond donors (Lipinski definition) is 2. The molecule has 0 fully saturated rings. The van der Waals surface area contributed by atoms with Gasteiger partial charge >= 0.3 is 0 Å². The molecule has 0 atom stereocenters. The highest BCUT2D eigenvalue weighted by molar-refractivity contribution is 7.09. The highest BCUT2D eigenvalue weighted by Crippen LogP contribution is 2.16. The van der Waals surface area contributed by atoms with Gasteiger partial charge in [0.25, 0.3) is 5.91 Å². The Morgan fingerprint density at radius 1 is 1.40 bits per heavy atom. The van der Waals surface area contributed by atoms with Crippen LogP contribution in [0.2, 0.25) is 0 Å². The summed E-state index contributed by atoms with van der Waals surface area (Å²) in [6, 6.07) is 6.57. The van der Waals surface area contributed by atoms with Crippen molar-refractivity contribution >= 4 is 17.2 Å². The van der Waals surface area contributed by atoms with E-state index < -0.39 is 0 Å². The van der Waals surface area contributed by atoms with Crippen LogP contribution in [-0.4, -0.2) is 24.0 Å². The molecule has 3 N–H and O–H groups in total. The van der Waals surface area contributed by atoms with Crippen molar-refractivity contribution in [2.24, 2.45) is 5.73 Å². The van der Waals surface area contributed by atoms with E-state index in [-0.39, 0.29) is 11.7 Å². The lowest BCUT2D eigenvalue weighted by Gasteiger charge is -2.01. The van der Waals surface area contributed by atoms with Crippen molar-refractivity contribution in [1.82, 2.24) is 10.3 Å². The highest BCUT2D eigenvalue weighted by atomic mass is 32.1. The molecule has 2 rings (SSSR count). The van der Waals surface area contributed by atoms with E-state index >= 15 is 0 Å². The maximum Gasteiger partial charge on any atom is 0.270 e. The Labute approximate surface area is 120 Å². The van der Waals surface area contributed by atoms with Gasteiger partial charge in [0.1, 0.15) is 11.5 Å². The van der Waals surface area contributed by atoms with Crippen LogP contribution in [0, 0.1) is 5.82 Å². The fourth-order valence-electron chi connectivity index (χ4n) is 1.70. The van der Waals surface area contributed by atoms with Crippen molar-refractivity contribution in [1.29, 1.82) is 0 Å². The molecule has 1 aromatic heterocycles. The molecule has 0 radical (unpaired) electrons. The minimum atomic E-state index is -0.253. The molecule has 1 heterocycles. The van der Waals surface area contributed by atoms with Crippen LogP contribution in [0.4, 0.5) is 4.39 Å². The van der Waals surface area contributed by atoms with Crippen LogP contribution in [-0.2, 0) is 6.42 Å². The number of aromatic nitrogens is 1. The average Bonchev–Trinajstić information content (AvgIpc) is 2.90. The van der Waals surface area contributed by atoms with Gasteiger partial charge in [0, 0.05) is 18.3 Å². The molecule has 0 bridgehead atoms. The lowest BCUT2D eigenvalue weighted by Crippen LogP contribution is -2.26. The van der Waals surface area contributed by atoms with Crippen LogP contribution in [0.3, 0.4) is 0 Å². The molecule has 0 spiro atoms. The number of nitrogens with one attached hydrogen (secondary N) is 1. The first-order valence-electron chi connectivity index (χ1n) is 6.37. The Kier molecular flexibility index (Phi) is 5.20. The minimum absolute atomic E-state index is 0.213. The molecule has 2 aromatic rings. The van der Waals surface area contributed by atoms with Crippen LogP contribution in [0.15, 0.2) is 29.6 Å². The van der Waals surface area contributed by atoms with E-state index in [4.69, 9.17) is 5.73 Å². The number of rotatable bonds is 6. The Morgan fingerprint density at radius 3 is 2.95 bits per heavy atom. The number of hydrogen-bond acceptors (Lipinski definition) is 4. The largest absolute Gasteiger partial charge is 0.351 e. The zero-order valence-electron chi connectivity index (χ0n) is 10.9. The molecule has 0 aliphatic rings. The van der Waals surface area contributed by atoms with E-state index in [9.17, 15) is 9.18 Å². The summed E-state index contributed by atoms with van der Waals surface area (Å²) in [5, 5.41) is 5.15. The molecule has 0 aliphatic heterocycles. The van der Waals surface area contributed by atoms with Crippen molar-refractivity contribution in [2.75, 3.05) is 13.1 Å². The summed E-state index contributed by atoms with van der Waals surface area (Å²) in [7, 11) is 0. The van der Waals surface area contributed by atoms with E-state index in [1.807, 2.05) is 0 Å². The SMILES string of the molecule is NCCCNC(=O)c1csc(Cc2ccccc2F)n1. The lowest BCUT2D eigenvalue weighted by atomic mass is 10.1. The molecular weight excluding hydrogens is 277 g/mol. The van der Waals surface area contributed by atoms with E-state index in [0.717, 1.165) is 11.4 Å². The van der Waals surface area contributed by atoms with Gasteiger partial charge < -0.3 is 11.1 Å².